The van der Waals surface area contributed by atoms with E-state index in [0.29, 0.717) is 23.9 Å². The molecule has 3 aromatic rings. The number of rotatable bonds is 4. The summed E-state index contributed by atoms with van der Waals surface area (Å²) in [7, 11) is 0. The molecule has 2 heterocycles. The minimum Gasteiger partial charge on any atom is -0.486 e. The van der Waals surface area contributed by atoms with E-state index in [-0.39, 0.29) is 12.4 Å². The smallest absolute Gasteiger partial charge is 0.140 e. The van der Waals surface area contributed by atoms with Crippen molar-refractivity contribution in [2.45, 2.75) is 20.1 Å². The number of nitrogens with two attached hydrogens (primary N) is 1. The van der Waals surface area contributed by atoms with Gasteiger partial charge in [-0.15, -0.1) is 12.4 Å². The number of hydrogen-bond acceptors (Lipinski definition) is 4. The molecule has 1 aromatic carbocycles. The molecule has 2 aromatic heterocycles. The van der Waals surface area contributed by atoms with Crippen molar-refractivity contribution in [3.63, 3.8) is 0 Å². The van der Waals surface area contributed by atoms with Crippen molar-refractivity contribution < 1.29 is 9.26 Å². The average Bonchev–Trinajstić information content (AvgIpc) is 3.01. The summed E-state index contributed by atoms with van der Waals surface area (Å²) < 4.78 is 10.7. The molecule has 0 bridgehead atoms. The number of nitrogens with one attached hydrogen (secondary N) is 1. The van der Waals surface area contributed by atoms with Crippen molar-refractivity contribution in [2.24, 2.45) is 5.73 Å². The van der Waals surface area contributed by atoms with E-state index in [2.05, 4.69) is 10.1 Å². The van der Waals surface area contributed by atoms with Crippen molar-refractivity contribution in [1.82, 2.24) is 10.1 Å². The lowest BCUT2D eigenvalue weighted by Crippen LogP contribution is -1.96. The van der Waals surface area contributed by atoms with E-state index in [0.717, 1.165) is 28.1 Å². The van der Waals surface area contributed by atoms with Gasteiger partial charge in [-0.2, -0.15) is 0 Å². The van der Waals surface area contributed by atoms with Crippen LogP contribution in [0.3, 0.4) is 0 Å². The Hall–Kier alpha value is -1.69. The molecule has 0 aliphatic rings. The lowest BCUT2D eigenvalue weighted by molar-refractivity contribution is 0.288. The SMILES string of the molecule is Cc1cc(COc2cc3[nH]c(CN)cc3cc2Cl)no1.Cl. The van der Waals surface area contributed by atoms with E-state index >= 15 is 0 Å². The van der Waals surface area contributed by atoms with Gasteiger partial charge in [0, 0.05) is 35.3 Å². The maximum atomic E-state index is 6.21. The number of aryl methyl sites for hydroxylation is 1. The molecule has 0 radical (unpaired) electrons. The highest BCUT2D eigenvalue weighted by Crippen LogP contribution is 2.30. The summed E-state index contributed by atoms with van der Waals surface area (Å²) in [6.45, 7) is 2.61. The molecule has 21 heavy (non-hydrogen) atoms. The van der Waals surface area contributed by atoms with Gasteiger partial charge in [0.1, 0.15) is 23.8 Å². The first-order chi connectivity index (χ1) is 9.65. The third-order valence-electron chi connectivity index (χ3n) is 3.00. The molecule has 0 unspecified atom stereocenters. The van der Waals surface area contributed by atoms with Gasteiger partial charge in [0.25, 0.3) is 0 Å². The van der Waals surface area contributed by atoms with Gasteiger partial charge in [0.05, 0.1) is 5.02 Å². The summed E-state index contributed by atoms with van der Waals surface area (Å²) in [6.07, 6.45) is 0. The van der Waals surface area contributed by atoms with Gasteiger partial charge >= 0.3 is 0 Å². The zero-order valence-electron chi connectivity index (χ0n) is 11.4. The summed E-state index contributed by atoms with van der Waals surface area (Å²) in [5, 5.41) is 5.44. The van der Waals surface area contributed by atoms with Gasteiger partial charge in [0.2, 0.25) is 0 Å². The monoisotopic (exact) mass is 327 g/mol. The molecular weight excluding hydrogens is 313 g/mol. The number of hydrogen-bond donors (Lipinski definition) is 2. The van der Waals surface area contributed by atoms with E-state index < -0.39 is 0 Å². The molecule has 0 saturated carbocycles. The van der Waals surface area contributed by atoms with Gasteiger partial charge in [-0.25, -0.2) is 0 Å². The second-order valence-corrected chi connectivity index (χ2v) is 4.99. The van der Waals surface area contributed by atoms with Crippen LogP contribution in [-0.4, -0.2) is 10.1 Å². The predicted octanol–water partition coefficient (Wildman–Crippen LogP) is 3.58. The van der Waals surface area contributed by atoms with E-state index in [9.17, 15) is 0 Å². The highest BCUT2D eigenvalue weighted by molar-refractivity contribution is 6.32. The highest BCUT2D eigenvalue weighted by Gasteiger charge is 2.08. The second-order valence-electron chi connectivity index (χ2n) is 4.59. The minimum absolute atomic E-state index is 0. The van der Waals surface area contributed by atoms with E-state index in [1.807, 2.05) is 31.2 Å². The Balaban J connectivity index is 0.00000161. The van der Waals surface area contributed by atoms with Crippen LogP contribution in [0.4, 0.5) is 0 Å². The fourth-order valence-electron chi connectivity index (χ4n) is 2.05. The first kappa shape index (κ1) is 15.7. The standard InChI is InChI=1S/C14H14ClN3O2.ClH/c1-8-2-11(18-20-8)7-19-14-5-13-9(4-12(14)15)3-10(6-16)17-13;/h2-5,17H,6-7,16H2,1H3;1H. The van der Waals surface area contributed by atoms with E-state index in [1.165, 1.54) is 0 Å². The maximum absolute atomic E-state index is 6.21. The average molecular weight is 328 g/mol. The molecule has 7 heteroatoms. The molecule has 0 aliphatic heterocycles. The fraction of sp³-hybridized carbons (Fsp3) is 0.214. The van der Waals surface area contributed by atoms with Crippen LogP contribution in [0.1, 0.15) is 17.1 Å². The molecule has 3 N–H and O–H groups in total. The number of aromatic nitrogens is 2. The molecular formula is C14H15Cl2N3O2. The Kier molecular flexibility index (Phi) is 4.77. The fourth-order valence-corrected chi connectivity index (χ4v) is 2.28. The van der Waals surface area contributed by atoms with Gasteiger partial charge in [-0.3, -0.25) is 0 Å². The zero-order valence-corrected chi connectivity index (χ0v) is 12.9. The number of H-pyrrole nitrogens is 1. The van der Waals surface area contributed by atoms with Crippen molar-refractivity contribution in [2.75, 3.05) is 0 Å². The normalized spacial score (nSPS) is 10.6. The number of fused-ring (bicyclic) bond motifs is 1. The van der Waals surface area contributed by atoms with Crippen LogP contribution in [0.25, 0.3) is 10.9 Å². The topological polar surface area (TPSA) is 77.1 Å². The molecule has 5 nitrogen and oxygen atoms in total. The minimum atomic E-state index is 0. The Morgan fingerprint density at radius 1 is 1.33 bits per heavy atom. The highest BCUT2D eigenvalue weighted by atomic mass is 35.5. The van der Waals surface area contributed by atoms with Crippen molar-refractivity contribution >= 4 is 34.9 Å². The number of nitrogens with zero attached hydrogens (tertiary/aromatic N) is 1. The van der Waals surface area contributed by atoms with Crippen molar-refractivity contribution in [1.29, 1.82) is 0 Å². The summed E-state index contributed by atoms with van der Waals surface area (Å²) in [5.41, 5.74) is 8.25. The molecule has 112 valence electrons. The molecule has 0 amide bonds. The quantitative estimate of drug-likeness (QED) is 0.767. The van der Waals surface area contributed by atoms with Crippen LogP contribution in [0.5, 0.6) is 5.75 Å². The number of ether oxygens (including phenoxy) is 1. The summed E-state index contributed by atoms with van der Waals surface area (Å²) >= 11 is 6.21. The number of aromatic amines is 1. The molecule has 0 fully saturated rings. The van der Waals surface area contributed by atoms with Gasteiger partial charge in [-0.05, 0) is 19.1 Å². The number of halogens is 2. The van der Waals surface area contributed by atoms with Gasteiger partial charge < -0.3 is 20.0 Å². The van der Waals surface area contributed by atoms with Crippen molar-refractivity contribution in [3.8, 4) is 5.75 Å². The maximum Gasteiger partial charge on any atom is 0.140 e. The van der Waals surface area contributed by atoms with Crippen LogP contribution in [0.15, 0.2) is 28.8 Å². The molecule has 0 aliphatic carbocycles. The molecule has 0 saturated heterocycles. The summed E-state index contributed by atoms with van der Waals surface area (Å²) in [5.74, 6) is 1.35. The molecule has 0 atom stereocenters. The van der Waals surface area contributed by atoms with Crippen molar-refractivity contribution in [3.05, 3.63) is 46.4 Å². The third-order valence-corrected chi connectivity index (χ3v) is 3.30. The Labute approximate surface area is 132 Å². The Bertz CT molecular complexity index is 752. The van der Waals surface area contributed by atoms with Crippen LogP contribution in [0, 0.1) is 6.92 Å². The summed E-state index contributed by atoms with van der Waals surface area (Å²) in [6, 6.07) is 7.53. The first-order valence-electron chi connectivity index (χ1n) is 6.22. The van der Waals surface area contributed by atoms with Crippen LogP contribution in [-0.2, 0) is 13.2 Å². The molecule has 0 spiro atoms. The molecule has 3 rings (SSSR count). The Morgan fingerprint density at radius 2 is 2.14 bits per heavy atom. The zero-order chi connectivity index (χ0) is 14.1. The first-order valence-corrected chi connectivity index (χ1v) is 6.59. The largest absolute Gasteiger partial charge is 0.486 e. The lowest BCUT2D eigenvalue weighted by atomic mass is 10.2. The summed E-state index contributed by atoms with van der Waals surface area (Å²) in [4.78, 5) is 3.22. The third kappa shape index (κ3) is 3.32. The second kappa shape index (κ2) is 6.39. The van der Waals surface area contributed by atoms with Gasteiger partial charge in [-0.1, -0.05) is 16.8 Å². The van der Waals surface area contributed by atoms with Crippen LogP contribution in [0.2, 0.25) is 5.02 Å². The van der Waals surface area contributed by atoms with E-state index in [4.69, 9.17) is 26.6 Å². The lowest BCUT2D eigenvalue weighted by Gasteiger charge is -2.06. The number of benzene rings is 1. The van der Waals surface area contributed by atoms with Gasteiger partial charge in [0.15, 0.2) is 0 Å². The van der Waals surface area contributed by atoms with Crippen LogP contribution >= 0.6 is 24.0 Å². The van der Waals surface area contributed by atoms with Crippen LogP contribution < -0.4 is 10.5 Å². The predicted molar refractivity (Wildman–Crippen MR) is 84.0 cm³/mol. The van der Waals surface area contributed by atoms with E-state index in [1.54, 1.807) is 0 Å². The Morgan fingerprint density at radius 3 is 2.81 bits per heavy atom.